The molecule has 0 saturated heterocycles. The summed E-state index contributed by atoms with van der Waals surface area (Å²) in [6, 6.07) is 5.91. The van der Waals surface area contributed by atoms with E-state index in [-0.39, 0.29) is 5.91 Å². The van der Waals surface area contributed by atoms with Crippen LogP contribution >= 0.6 is 0 Å². The molecule has 5 heteroatoms. The topological polar surface area (TPSA) is 67.0 Å². The highest BCUT2D eigenvalue weighted by Gasteiger charge is 2.11. The van der Waals surface area contributed by atoms with Crippen LogP contribution < -0.4 is 10.1 Å². The molecule has 3 rings (SSSR count). The summed E-state index contributed by atoms with van der Waals surface area (Å²) in [6.45, 7) is 0.738. The molecular formula is C14H13N3O2. The molecule has 2 heterocycles. The Bertz CT molecular complexity index is 618. The number of anilines is 1. The molecule has 1 aromatic heterocycles. The van der Waals surface area contributed by atoms with Crippen LogP contribution in [0.5, 0.6) is 5.75 Å². The number of nitrogens with one attached hydrogen (secondary N) is 2. The lowest BCUT2D eigenvalue weighted by Gasteiger charge is -2.00. The van der Waals surface area contributed by atoms with E-state index in [1.807, 2.05) is 18.2 Å². The molecule has 1 aromatic carbocycles. The standard InChI is InChI=1S/C14H13N3O2/c18-13(17-14-15-6-7-16-14)4-2-10-1-3-12-11(9-10)5-8-19-12/h1-4,6-7,9H,5,8H2,(H2,15,16,17,18). The average Bonchev–Trinajstić information content (AvgIpc) is 3.06. The van der Waals surface area contributed by atoms with Crippen LogP contribution in [-0.4, -0.2) is 22.5 Å². The molecule has 19 heavy (non-hydrogen) atoms. The van der Waals surface area contributed by atoms with Gasteiger partial charge in [-0.1, -0.05) is 6.07 Å². The van der Waals surface area contributed by atoms with Crippen molar-refractivity contribution in [2.75, 3.05) is 11.9 Å². The van der Waals surface area contributed by atoms with Gasteiger partial charge in [-0.15, -0.1) is 0 Å². The van der Waals surface area contributed by atoms with Crippen molar-refractivity contribution < 1.29 is 9.53 Å². The molecule has 0 bridgehead atoms. The van der Waals surface area contributed by atoms with Crippen LogP contribution in [0, 0.1) is 0 Å². The molecule has 0 unspecified atom stereocenters. The van der Waals surface area contributed by atoms with Crippen LogP contribution in [0.2, 0.25) is 0 Å². The van der Waals surface area contributed by atoms with Crippen molar-refractivity contribution in [3.05, 3.63) is 47.8 Å². The van der Waals surface area contributed by atoms with E-state index in [0.29, 0.717) is 5.95 Å². The van der Waals surface area contributed by atoms with Crippen molar-refractivity contribution in [3.8, 4) is 5.75 Å². The summed E-state index contributed by atoms with van der Waals surface area (Å²) in [7, 11) is 0. The molecule has 0 fully saturated rings. The van der Waals surface area contributed by atoms with Gasteiger partial charge in [0.25, 0.3) is 5.91 Å². The van der Waals surface area contributed by atoms with Crippen molar-refractivity contribution in [1.29, 1.82) is 0 Å². The fourth-order valence-electron chi connectivity index (χ4n) is 1.97. The van der Waals surface area contributed by atoms with Gasteiger partial charge in [0.2, 0.25) is 5.95 Å². The zero-order valence-electron chi connectivity index (χ0n) is 10.2. The van der Waals surface area contributed by atoms with Gasteiger partial charge in [-0.05, 0) is 29.3 Å². The van der Waals surface area contributed by atoms with Crippen LogP contribution in [0.25, 0.3) is 6.08 Å². The van der Waals surface area contributed by atoms with Crippen molar-refractivity contribution in [1.82, 2.24) is 9.97 Å². The predicted molar refractivity (Wildman–Crippen MR) is 71.9 cm³/mol. The van der Waals surface area contributed by atoms with Gasteiger partial charge >= 0.3 is 0 Å². The fourth-order valence-corrected chi connectivity index (χ4v) is 1.97. The first-order valence-electron chi connectivity index (χ1n) is 6.05. The number of imidazole rings is 1. The number of aromatic amines is 1. The summed E-state index contributed by atoms with van der Waals surface area (Å²) in [5, 5.41) is 2.63. The Morgan fingerprint density at radius 2 is 2.42 bits per heavy atom. The number of benzene rings is 1. The Morgan fingerprint density at radius 3 is 3.26 bits per heavy atom. The van der Waals surface area contributed by atoms with Crippen LogP contribution in [-0.2, 0) is 11.2 Å². The second-order valence-corrected chi connectivity index (χ2v) is 4.23. The van der Waals surface area contributed by atoms with Gasteiger partial charge < -0.3 is 9.72 Å². The predicted octanol–water partition coefficient (Wildman–Crippen LogP) is 2.00. The fraction of sp³-hybridized carbons (Fsp3) is 0.143. The molecule has 0 radical (unpaired) electrons. The highest BCUT2D eigenvalue weighted by Crippen LogP contribution is 2.26. The van der Waals surface area contributed by atoms with Crippen LogP contribution in [0.1, 0.15) is 11.1 Å². The maximum Gasteiger partial charge on any atom is 0.250 e. The van der Waals surface area contributed by atoms with Crippen LogP contribution in [0.3, 0.4) is 0 Å². The smallest absolute Gasteiger partial charge is 0.250 e. The Hall–Kier alpha value is -2.56. The Balaban J connectivity index is 1.67. The Kier molecular flexibility index (Phi) is 3.02. The van der Waals surface area contributed by atoms with Crippen LogP contribution in [0.4, 0.5) is 5.95 Å². The second-order valence-electron chi connectivity index (χ2n) is 4.23. The summed E-state index contributed by atoms with van der Waals surface area (Å²) in [5.74, 6) is 1.17. The molecule has 0 spiro atoms. The highest BCUT2D eigenvalue weighted by molar-refractivity contribution is 6.00. The van der Waals surface area contributed by atoms with E-state index >= 15 is 0 Å². The van der Waals surface area contributed by atoms with Gasteiger partial charge in [-0.25, -0.2) is 4.98 Å². The lowest BCUT2D eigenvalue weighted by atomic mass is 10.1. The molecule has 2 N–H and O–H groups in total. The Labute approximate surface area is 110 Å². The van der Waals surface area contributed by atoms with Gasteiger partial charge in [-0.3, -0.25) is 10.1 Å². The minimum atomic E-state index is -0.216. The number of amides is 1. The van der Waals surface area contributed by atoms with E-state index in [0.717, 1.165) is 24.3 Å². The summed E-state index contributed by atoms with van der Waals surface area (Å²) in [5.41, 5.74) is 2.17. The highest BCUT2D eigenvalue weighted by atomic mass is 16.5. The number of H-pyrrole nitrogens is 1. The van der Waals surface area contributed by atoms with E-state index in [2.05, 4.69) is 15.3 Å². The third-order valence-electron chi connectivity index (χ3n) is 2.88. The largest absolute Gasteiger partial charge is 0.493 e. The third-order valence-corrected chi connectivity index (χ3v) is 2.88. The van der Waals surface area contributed by atoms with Crippen molar-refractivity contribution >= 4 is 17.9 Å². The number of fused-ring (bicyclic) bond motifs is 1. The average molecular weight is 255 g/mol. The summed E-state index contributed by atoms with van der Waals surface area (Å²) in [4.78, 5) is 18.4. The zero-order valence-corrected chi connectivity index (χ0v) is 10.2. The van der Waals surface area contributed by atoms with Gasteiger partial charge in [-0.2, -0.15) is 0 Å². The monoisotopic (exact) mass is 255 g/mol. The van der Waals surface area contributed by atoms with Crippen LogP contribution in [0.15, 0.2) is 36.7 Å². The normalized spacial score (nSPS) is 13.3. The van der Waals surface area contributed by atoms with Crippen molar-refractivity contribution in [2.45, 2.75) is 6.42 Å². The summed E-state index contributed by atoms with van der Waals surface area (Å²) < 4.78 is 5.43. The molecule has 1 amide bonds. The van der Waals surface area contributed by atoms with E-state index in [1.54, 1.807) is 18.5 Å². The third kappa shape index (κ3) is 2.65. The number of hydrogen-bond acceptors (Lipinski definition) is 3. The summed E-state index contributed by atoms with van der Waals surface area (Å²) >= 11 is 0. The maximum atomic E-state index is 11.6. The van der Waals surface area contributed by atoms with E-state index in [4.69, 9.17) is 4.74 Å². The molecule has 0 aliphatic carbocycles. The first-order valence-corrected chi connectivity index (χ1v) is 6.05. The van der Waals surface area contributed by atoms with Gasteiger partial charge in [0.1, 0.15) is 5.75 Å². The molecule has 5 nitrogen and oxygen atoms in total. The first kappa shape index (κ1) is 11.5. The Morgan fingerprint density at radius 1 is 1.47 bits per heavy atom. The van der Waals surface area contributed by atoms with E-state index < -0.39 is 0 Å². The first-order chi connectivity index (χ1) is 9.31. The molecular weight excluding hydrogens is 242 g/mol. The molecule has 0 atom stereocenters. The minimum Gasteiger partial charge on any atom is -0.493 e. The molecule has 0 saturated carbocycles. The number of aromatic nitrogens is 2. The lowest BCUT2D eigenvalue weighted by Crippen LogP contribution is -2.08. The molecule has 2 aromatic rings. The lowest BCUT2D eigenvalue weighted by molar-refractivity contribution is -0.111. The molecule has 96 valence electrons. The number of ether oxygens (including phenoxy) is 1. The van der Waals surface area contributed by atoms with E-state index in [9.17, 15) is 4.79 Å². The quantitative estimate of drug-likeness (QED) is 0.824. The second kappa shape index (κ2) is 4.97. The van der Waals surface area contributed by atoms with Crippen molar-refractivity contribution in [2.24, 2.45) is 0 Å². The number of carbonyl (C=O) groups is 1. The summed E-state index contributed by atoms with van der Waals surface area (Å²) in [6.07, 6.45) is 7.42. The van der Waals surface area contributed by atoms with E-state index in [1.165, 1.54) is 11.6 Å². The SMILES string of the molecule is O=C(C=Cc1ccc2c(c1)CCO2)Nc1ncc[nH]1. The number of hydrogen-bond donors (Lipinski definition) is 2. The zero-order chi connectivity index (χ0) is 13.1. The van der Waals surface area contributed by atoms with Gasteiger partial charge in [0, 0.05) is 24.9 Å². The van der Waals surface area contributed by atoms with Gasteiger partial charge in [0.15, 0.2) is 0 Å². The number of carbonyl (C=O) groups excluding carboxylic acids is 1. The van der Waals surface area contributed by atoms with Gasteiger partial charge in [0.05, 0.1) is 6.61 Å². The molecule has 1 aliphatic heterocycles. The number of nitrogens with zero attached hydrogens (tertiary/aromatic N) is 1. The van der Waals surface area contributed by atoms with Crippen molar-refractivity contribution in [3.63, 3.8) is 0 Å². The molecule has 1 aliphatic rings. The maximum absolute atomic E-state index is 11.6. The number of rotatable bonds is 3. The minimum absolute atomic E-state index is 0.216.